The fourth-order valence-electron chi connectivity index (χ4n) is 3.32. The lowest BCUT2D eigenvalue weighted by atomic mass is 9.85. The average Bonchev–Trinajstić information content (AvgIpc) is 2.72. The van der Waals surface area contributed by atoms with Crippen LogP contribution in [0.4, 0.5) is 0 Å². The van der Waals surface area contributed by atoms with Gasteiger partial charge in [0.15, 0.2) is 0 Å². The number of hydrogen-bond acceptors (Lipinski definition) is 3. The summed E-state index contributed by atoms with van der Waals surface area (Å²) in [5.74, 6) is 0.791. The van der Waals surface area contributed by atoms with Crippen molar-refractivity contribution >= 4 is 5.97 Å². The maximum atomic E-state index is 11.7. The van der Waals surface area contributed by atoms with Crippen LogP contribution in [0.15, 0.2) is 0 Å². The number of fused-ring (bicyclic) bond motifs is 1. The monoisotopic (exact) mass is 225 g/mol. The number of carbonyl (C=O) groups excluding carboxylic acids is 1. The van der Waals surface area contributed by atoms with E-state index < -0.39 is 0 Å². The minimum atomic E-state index is -0.0481. The highest BCUT2D eigenvalue weighted by Gasteiger charge is 2.39. The molecule has 1 saturated heterocycles. The third kappa shape index (κ3) is 2.24. The Morgan fingerprint density at radius 2 is 2.12 bits per heavy atom. The third-order valence-corrected chi connectivity index (χ3v) is 4.18. The highest BCUT2D eigenvalue weighted by Crippen LogP contribution is 2.37. The van der Waals surface area contributed by atoms with E-state index in [1.165, 1.54) is 32.1 Å². The van der Waals surface area contributed by atoms with Crippen LogP contribution in [-0.4, -0.2) is 36.1 Å². The molecule has 3 atom stereocenters. The van der Waals surface area contributed by atoms with Gasteiger partial charge in [-0.3, -0.25) is 9.69 Å². The summed E-state index contributed by atoms with van der Waals surface area (Å²) in [4.78, 5) is 14.1. The molecule has 1 saturated carbocycles. The Hall–Kier alpha value is -0.570. The maximum absolute atomic E-state index is 11.7. The topological polar surface area (TPSA) is 29.5 Å². The second-order valence-electron chi connectivity index (χ2n) is 5.07. The standard InChI is InChI=1S/C13H23NO2/c1-3-16-13(15)10(2)14-9-8-11-6-4-5-7-12(11)14/h10-12H,3-9H2,1-2H3. The second kappa shape index (κ2) is 5.17. The van der Waals surface area contributed by atoms with Gasteiger partial charge >= 0.3 is 5.97 Å². The molecule has 1 aliphatic carbocycles. The average molecular weight is 225 g/mol. The molecule has 0 spiro atoms. The first-order valence-electron chi connectivity index (χ1n) is 6.66. The smallest absolute Gasteiger partial charge is 0.323 e. The molecular weight excluding hydrogens is 202 g/mol. The molecule has 0 bridgehead atoms. The zero-order chi connectivity index (χ0) is 11.5. The fourth-order valence-corrected chi connectivity index (χ4v) is 3.32. The van der Waals surface area contributed by atoms with E-state index in [0.717, 1.165) is 12.5 Å². The van der Waals surface area contributed by atoms with Crippen LogP contribution in [0.2, 0.25) is 0 Å². The molecule has 92 valence electrons. The fraction of sp³-hybridized carbons (Fsp3) is 0.923. The molecule has 0 amide bonds. The van der Waals surface area contributed by atoms with Crippen LogP contribution in [0.25, 0.3) is 0 Å². The number of nitrogens with zero attached hydrogens (tertiary/aromatic N) is 1. The number of ether oxygens (including phenoxy) is 1. The van der Waals surface area contributed by atoms with Crippen LogP contribution in [0.5, 0.6) is 0 Å². The van der Waals surface area contributed by atoms with Gasteiger partial charge in [0.05, 0.1) is 6.61 Å². The van der Waals surface area contributed by atoms with Gasteiger partial charge in [0.1, 0.15) is 6.04 Å². The first kappa shape index (κ1) is 11.9. The zero-order valence-corrected chi connectivity index (χ0v) is 10.4. The minimum Gasteiger partial charge on any atom is -0.465 e. The van der Waals surface area contributed by atoms with Crippen LogP contribution >= 0.6 is 0 Å². The molecule has 16 heavy (non-hydrogen) atoms. The van der Waals surface area contributed by atoms with E-state index in [1.807, 2.05) is 13.8 Å². The molecule has 2 fully saturated rings. The first-order valence-corrected chi connectivity index (χ1v) is 6.66. The van der Waals surface area contributed by atoms with Crippen LogP contribution in [0, 0.1) is 5.92 Å². The van der Waals surface area contributed by atoms with Gasteiger partial charge in [0.2, 0.25) is 0 Å². The largest absolute Gasteiger partial charge is 0.465 e. The number of carbonyl (C=O) groups is 1. The summed E-state index contributed by atoms with van der Waals surface area (Å²) in [5.41, 5.74) is 0. The van der Waals surface area contributed by atoms with Crippen molar-refractivity contribution in [2.24, 2.45) is 5.92 Å². The van der Waals surface area contributed by atoms with Crippen molar-refractivity contribution in [1.82, 2.24) is 4.90 Å². The van der Waals surface area contributed by atoms with Gasteiger partial charge in [0.25, 0.3) is 0 Å². The lowest BCUT2D eigenvalue weighted by Gasteiger charge is -2.34. The molecule has 3 nitrogen and oxygen atoms in total. The SMILES string of the molecule is CCOC(=O)C(C)N1CCC2CCCCC21. The van der Waals surface area contributed by atoms with E-state index in [0.29, 0.717) is 12.6 Å². The molecule has 1 heterocycles. The Kier molecular flexibility index (Phi) is 3.85. The highest BCUT2D eigenvalue weighted by atomic mass is 16.5. The van der Waals surface area contributed by atoms with Gasteiger partial charge in [0, 0.05) is 6.04 Å². The molecule has 0 aromatic carbocycles. The quantitative estimate of drug-likeness (QED) is 0.690. The first-order chi connectivity index (χ1) is 7.74. The van der Waals surface area contributed by atoms with Crippen molar-refractivity contribution < 1.29 is 9.53 Å². The summed E-state index contributed by atoms with van der Waals surface area (Å²) < 4.78 is 5.12. The van der Waals surface area contributed by atoms with Gasteiger partial charge in [-0.25, -0.2) is 0 Å². The second-order valence-corrected chi connectivity index (χ2v) is 5.07. The van der Waals surface area contributed by atoms with Gasteiger partial charge in [-0.05, 0) is 45.6 Å². The molecule has 0 N–H and O–H groups in total. The Labute approximate surface area is 98.1 Å². The number of esters is 1. The summed E-state index contributed by atoms with van der Waals surface area (Å²) in [5, 5.41) is 0. The van der Waals surface area contributed by atoms with Crippen LogP contribution in [0.3, 0.4) is 0 Å². The summed E-state index contributed by atoms with van der Waals surface area (Å²) in [6.45, 7) is 5.44. The molecule has 2 rings (SSSR count). The van der Waals surface area contributed by atoms with E-state index in [9.17, 15) is 4.79 Å². The third-order valence-electron chi connectivity index (χ3n) is 4.18. The Bertz CT molecular complexity index is 254. The Balaban J connectivity index is 1.96. The number of hydrogen-bond donors (Lipinski definition) is 0. The van der Waals surface area contributed by atoms with Gasteiger partial charge in [-0.2, -0.15) is 0 Å². The predicted octanol–water partition coefficient (Wildman–Crippen LogP) is 2.20. The molecule has 0 aromatic rings. The van der Waals surface area contributed by atoms with Gasteiger partial charge in [-0.15, -0.1) is 0 Å². The zero-order valence-electron chi connectivity index (χ0n) is 10.4. The normalized spacial score (nSPS) is 32.1. The molecule has 0 radical (unpaired) electrons. The van der Waals surface area contributed by atoms with Crippen LogP contribution in [0.1, 0.15) is 46.0 Å². The highest BCUT2D eigenvalue weighted by molar-refractivity contribution is 5.75. The van der Waals surface area contributed by atoms with Crippen molar-refractivity contribution in [3.63, 3.8) is 0 Å². The summed E-state index contributed by atoms with van der Waals surface area (Å²) in [6, 6.07) is 0.598. The molecule has 0 aromatic heterocycles. The van der Waals surface area contributed by atoms with Crippen LogP contribution in [-0.2, 0) is 9.53 Å². The van der Waals surface area contributed by atoms with Crippen LogP contribution < -0.4 is 0 Å². The summed E-state index contributed by atoms with van der Waals surface area (Å²) in [7, 11) is 0. The van der Waals surface area contributed by atoms with E-state index >= 15 is 0 Å². The number of rotatable bonds is 3. The lowest BCUT2D eigenvalue weighted by Crippen LogP contribution is -2.45. The predicted molar refractivity (Wildman–Crippen MR) is 63.2 cm³/mol. The minimum absolute atomic E-state index is 0.0475. The molecule has 3 heteroatoms. The molecule has 2 aliphatic rings. The molecule has 1 aliphatic heterocycles. The Morgan fingerprint density at radius 3 is 2.88 bits per heavy atom. The Morgan fingerprint density at radius 1 is 1.38 bits per heavy atom. The van der Waals surface area contributed by atoms with Crippen molar-refractivity contribution in [2.45, 2.75) is 58.0 Å². The lowest BCUT2D eigenvalue weighted by molar-refractivity contribution is -0.149. The number of likely N-dealkylation sites (tertiary alicyclic amines) is 1. The van der Waals surface area contributed by atoms with Crippen molar-refractivity contribution in [3.8, 4) is 0 Å². The van der Waals surface area contributed by atoms with E-state index in [2.05, 4.69) is 4.90 Å². The van der Waals surface area contributed by atoms with Gasteiger partial charge in [-0.1, -0.05) is 12.8 Å². The van der Waals surface area contributed by atoms with Crippen molar-refractivity contribution in [1.29, 1.82) is 0 Å². The van der Waals surface area contributed by atoms with E-state index in [-0.39, 0.29) is 12.0 Å². The maximum Gasteiger partial charge on any atom is 0.323 e. The van der Waals surface area contributed by atoms with E-state index in [4.69, 9.17) is 4.74 Å². The van der Waals surface area contributed by atoms with Gasteiger partial charge < -0.3 is 4.74 Å². The molecular formula is C13H23NO2. The summed E-state index contributed by atoms with van der Waals surface area (Å²) >= 11 is 0. The van der Waals surface area contributed by atoms with Crippen molar-refractivity contribution in [3.05, 3.63) is 0 Å². The van der Waals surface area contributed by atoms with E-state index in [1.54, 1.807) is 0 Å². The summed E-state index contributed by atoms with van der Waals surface area (Å²) in [6.07, 6.45) is 6.61. The molecule has 3 unspecified atom stereocenters. The van der Waals surface area contributed by atoms with Crippen molar-refractivity contribution in [2.75, 3.05) is 13.2 Å².